The molecule has 0 nitrogen and oxygen atoms in total. The zero-order valence-corrected chi connectivity index (χ0v) is 16.0. The monoisotopic (exact) mass is 308 g/mol. The fourth-order valence-corrected chi connectivity index (χ4v) is 2.98. The van der Waals surface area contributed by atoms with Gasteiger partial charge in [0.2, 0.25) is 0 Å². The van der Waals surface area contributed by atoms with Gasteiger partial charge in [-0.2, -0.15) is 0 Å². The molecule has 0 saturated heterocycles. The van der Waals surface area contributed by atoms with E-state index < -0.39 is 0 Å². The maximum Gasteiger partial charge on any atom is -0.0351 e. The van der Waals surface area contributed by atoms with Crippen LogP contribution < -0.4 is 0 Å². The molecule has 0 saturated carbocycles. The summed E-state index contributed by atoms with van der Waals surface area (Å²) < 4.78 is 0. The average molecular weight is 309 g/mol. The highest BCUT2D eigenvalue weighted by Crippen LogP contribution is 2.12. The summed E-state index contributed by atoms with van der Waals surface area (Å²) in [7, 11) is 0. The lowest BCUT2D eigenvalue weighted by Crippen LogP contribution is -1.86. The van der Waals surface area contributed by atoms with E-state index >= 15 is 0 Å². The van der Waals surface area contributed by atoms with Crippen LogP contribution in [0.1, 0.15) is 124 Å². The van der Waals surface area contributed by atoms with Gasteiger partial charge in [0.15, 0.2) is 0 Å². The van der Waals surface area contributed by atoms with E-state index in [0.29, 0.717) is 0 Å². The summed E-state index contributed by atoms with van der Waals surface area (Å²) >= 11 is 0. The van der Waals surface area contributed by atoms with Gasteiger partial charge in [0.1, 0.15) is 0 Å². The molecule has 0 atom stereocenters. The van der Waals surface area contributed by atoms with Crippen LogP contribution in [0.3, 0.4) is 0 Å². The molecular formula is C22H44. The second-order valence-corrected chi connectivity index (χ2v) is 7.47. The molecule has 0 aromatic rings. The van der Waals surface area contributed by atoms with E-state index in [1.807, 2.05) is 0 Å². The second-order valence-electron chi connectivity index (χ2n) is 7.47. The minimum absolute atomic E-state index is 0.885. The lowest BCUT2D eigenvalue weighted by molar-refractivity contribution is 0.521. The fraction of sp³-hybridized carbons (Fsp3) is 0.909. The lowest BCUT2D eigenvalue weighted by Gasteiger charge is -2.03. The maximum atomic E-state index is 2.43. The van der Waals surface area contributed by atoms with Gasteiger partial charge < -0.3 is 0 Å². The van der Waals surface area contributed by atoms with E-state index in [2.05, 4.69) is 32.9 Å². The molecule has 0 N–H and O–H groups in total. The second kappa shape index (κ2) is 18.8. The molecular weight excluding hydrogens is 264 g/mol. The fourth-order valence-electron chi connectivity index (χ4n) is 2.98. The Labute approximate surface area is 142 Å². The maximum absolute atomic E-state index is 2.43. The van der Waals surface area contributed by atoms with E-state index in [4.69, 9.17) is 0 Å². The predicted molar refractivity (Wildman–Crippen MR) is 104 cm³/mol. The van der Waals surface area contributed by atoms with Crippen LogP contribution in [0.4, 0.5) is 0 Å². The van der Waals surface area contributed by atoms with Crippen LogP contribution in [0.25, 0.3) is 0 Å². The molecule has 0 aliphatic carbocycles. The Bertz CT molecular complexity index is 214. The van der Waals surface area contributed by atoms with Crippen molar-refractivity contribution in [3.05, 3.63) is 12.2 Å². The Balaban J connectivity index is 3.05. The Hall–Kier alpha value is -0.260. The van der Waals surface area contributed by atoms with Crippen LogP contribution in [0.2, 0.25) is 0 Å². The first-order valence-electron chi connectivity index (χ1n) is 10.4. The largest absolute Gasteiger partial charge is 0.0885 e. The van der Waals surface area contributed by atoms with E-state index in [-0.39, 0.29) is 0 Å². The van der Waals surface area contributed by atoms with Gasteiger partial charge in [-0.05, 0) is 31.6 Å². The van der Waals surface area contributed by atoms with E-state index in [9.17, 15) is 0 Å². The lowest BCUT2D eigenvalue weighted by atomic mass is 10.0. The zero-order valence-electron chi connectivity index (χ0n) is 16.0. The van der Waals surface area contributed by atoms with Gasteiger partial charge >= 0.3 is 0 Å². The minimum atomic E-state index is 0.885. The molecule has 0 heterocycles. The van der Waals surface area contributed by atoms with Crippen LogP contribution in [0, 0.1) is 5.92 Å². The standard InChI is InChI=1S/C22H44/c1-4-5-6-7-8-9-10-11-12-13-14-15-16-17-18-19-20-21-22(2)3/h14-15,22H,4-13,16-21H2,1-3H3/b15-14+. The van der Waals surface area contributed by atoms with Crippen molar-refractivity contribution in [2.75, 3.05) is 0 Å². The quantitative estimate of drug-likeness (QED) is 0.187. The SMILES string of the molecule is CCCCCCCCCCC/C=C/CCCCCCC(C)C. The number of hydrogen-bond acceptors (Lipinski definition) is 0. The van der Waals surface area contributed by atoms with Crippen molar-refractivity contribution in [3.63, 3.8) is 0 Å². The Morgan fingerprint density at radius 1 is 0.545 bits per heavy atom. The van der Waals surface area contributed by atoms with Crippen LogP contribution in [0.5, 0.6) is 0 Å². The number of allylic oxidation sites excluding steroid dienone is 2. The van der Waals surface area contributed by atoms with Crippen molar-refractivity contribution in [1.29, 1.82) is 0 Å². The van der Waals surface area contributed by atoms with Crippen molar-refractivity contribution < 1.29 is 0 Å². The summed E-state index contributed by atoms with van der Waals surface area (Å²) in [5.74, 6) is 0.885. The summed E-state index contributed by atoms with van der Waals surface area (Å²) in [5.41, 5.74) is 0. The molecule has 0 spiro atoms. The first kappa shape index (κ1) is 21.7. The van der Waals surface area contributed by atoms with Crippen LogP contribution in [0.15, 0.2) is 12.2 Å². The molecule has 0 aromatic carbocycles. The summed E-state index contributed by atoms with van der Waals surface area (Å²) in [5, 5.41) is 0. The number of rotatable bonds is 17. The molecule has 22 heavy (non-hydrogen) atoms. The molecule has 0 rings (SSSR count). The van der Waals surface area contributed by atoms with Gasteiger partial charge in [-0.3, -0.25) is 0 Å². The Morgan fingerprint density at radius 3 is 1.41 bits per heavy atom. The van der Waals surface area contributed by atoms with E-state index in [1.165, 1.54) is 103 Å². The molecule has 0 bridgehead atoms. The van der Waals surface area contributed by atoms with Gasteiger partial charge in [0.25, 0.3) is 0 Å². The summed E-state index contributed by atoms with van der Waals surface area (Å²) in [6.45, 7) is 6.95. The Morgan fingerprint density at radius 2 is 0.955 bits per heavy atom. The third-order valence-corrected chi connectivity index (χ3v) is 4.54. The van der Waals surface area contributed by atoms with Crippen LogP contribution >= 0.6 is 0 Å². The summed E-state index contributed by atoms with van der Waals surface area (Å²) in [6, 6.07) is 0. The number of unbranched alkanes of at least 4 members (excludes halogenated alkanes) is 13. The minimum Gasteiger partial charge on any atom is -0.0885 e. The van der Waals surface area contributed by atoms with Gasteiger partial charge in [-0.15, -0.1) is 0 Å². The Kier molecular flexibility index (Phi) is 18.6. The smallest absolute Gasteiger partial charge is 0.0351 e. The van der Waals surface area contributed by atoms with Crippen molar-refractivity contribution in [3.8, 4) is 0 Å². The van der Waals surface area contributed by atoms with Gasteiger partial charge in [-0.25, -0.2) is 0 Å². The van der Waals surface area contributed by atoms with E-state index in [0.717, 1.165) is 5.92 Å². The average Bonchev–Trinajstić information content (AvgIpc) is 2.50. The van der Waals surface area contributed by atoms with Gasteiger partial charge in [0.05, 0.1) is 0 Å². The first-order chi connectivity index (χ1) is 10.8. The molecule has 0 fully saturated rings. The summed E-state index contributed by atoms with van der Waals surface area (Å²) in [6.07, 6.45) is 27.5. The molecule has 0 heteroatoms. The predicted octanol–water partition coefficient (Wildman–Crippen LogP) is 8.46. The topological polar surface area (TPSA) is 0 Å². The van der Waals surface area contributed by atoms with Crippen molar-refractivity contribution in [1.82, 2.24) is 0 Å². The zero-order chi connectivity index (χ0) is 16.3. The van der Waals surface area contributed by atoms with Crippen molar-refractivity contribution >= 4 is 0 Å². The van der Waals surface area contributed by atoms with Crippen molar-refractivity contribution in [2.45, 2.75) is 124 Å². The normalized spacial score (nSPS) is 11.8. The highest BCUT2D eigenvalue weighted by Gasteiger charge is 1.94. The van der Waals surface area contributed by atoms with Crippen LogP contribution in [-0.4, -0.2) is 0 Å². The van der Waals surface area contributed by atoms with Gasteiger partial charge in [0, 0.05) is 0 Å². The third kappa shape index (κ3) is 19.7. The molecule has 0 radical (unpaired) electrons. The van der Waals surface area contributed by atoms with Crippen molar-refractivity contribution in [2.24, 2.45) is 5.92 Å². The van der Waals surface area contributed by atoms with Crippen LogP contribution in [-0.2, 0) is 0 Å². The molecule has 132 valence electrons. The third-order valence-electron chi connectivity index (χ3n) is 4.54. The highest BCUT2D eigenvalue weighted by atomic mass is 14.0. The molecule has 0 aromatic heterocycles. The van der Waals surface area contributed by atoms with Gasteiger partial charge in [-0.1, -0.05) is 110 Å². The van der Waals surface area contributed by atoms with E-state index in [1.54, 1.807) is 0 Å². The molecule has 0 amide bonds. The molecule has 0 unspecified atom stereocenters. The highest BCUT2D eigenvalue weighted by molar-refractivity contribution is 4.81. The molecule has 0 aliphatic rings. The molecule has 0 aliphatic heterocycles. The first-order valence-corrected chi connectivity index (χ1v) is 10.4. The number of hydrogen-bond donors (Lipinski definition) is 0. The summed E-state index contributed by atoms with van der Waals surface area (Å²) in [4.78, 5) is 0.